The van der Waals surface area contributed by atoms with Crippen LogP contribution in [0, 0.1) is 11.8 Å². The number of rotatable bonds is 3. The number of benzene rings is 2. The van der Waals surface area contributed by atoms with Gasteiger partial charge in [-0.1, -0.05) is 24.3 Å². The van der Waals surface area contributed by atoms with Crippen molar-refractivity contribution in [3.05, 3.63) is 54.6 Å². The Bertz CT molecular complexity index is 823. The highest BCUT2D eigenvalue weighted by atomic mass is 16.5. The van der Waals surface area contributed by atoms with Gasteiger partial charge in [-0.2, -0.15) is 0 Å². The number of carbonyl (C=O) groups is 2. The van der Waals surface area contributed by atoms with E-state index in [9.17, 15) is 9.59 Å². The summed E-state index contributed by atoms with van der Waals surface area (Å²) >= 11 is 0. The number of nitrogens with zero attached hydrogens (tertiary/aromatic N) is 1. The second-order valence-corrected chi connectivity index (χ2v) is 6.90. The highest BCUT2D eigenvalue weighted by molar-refractivity contribution is 6.23. The number of carbonyl (C=O) groups excluding carboxylic acids is 2. The fourth-order valence-corrected chi connectivity index (χ4v) is 4.38. The summed E-state index contributed by atoms with van der Waals surface area (Å²) in [5.41, 5.74) is 2.44. The summed E-state index contributed by atoms with van der Waals surface area (Å²) in [5.74, 6) is -0.813. The zero-order valence-corrected chi connectivity index (χ0v) is 13.6. The van der Waals surface area contributed by atoms with Crippen molar-refractivity contribution in [2.45, 2.75) is 25.0 Å². The lowest BCUT2D eigenvalue weighted by Gasteiger charge is -2.18. The van der Waals surface area contributed by atoms with Gasteiger partial charge in [-0.15, -0.1) is 0 Å². The number of anilines is 3. The summed E-state index contributed by atoms with van der Waals surface area (Å²) in [4.78, 5) is 27.1. The highest BCUT2D eigenvalue weighted by Gasteiger charge is 2.62. The lowest BCUT2D eigenvalue weighted by molar-refractivity contribution is -0.124. The number of ether oxygens (including phenoxy) is 1. The number of imide groups is 1. The van der Waals surface area contributed by atoms with Crippen molar-refractivity contribution >= 4 is 28.9 Å². The molecule has 0 unspecified atom stereocenters. The van der Waals surface area contributed by atoms with Crippen molar-refractivity contribution in [1.82, 2.24) is 0 Å². The number of fused-ring (bicyclic) bond motifs is 5. The van der Waals surface area contributed by atoms with Gasteiger partial charge in [-0.25, -0.2) is 4.90 Å². The van der Waals surface area contributed by atoms with Crippen molar-refractivity contribution in [2.75, 3.05) is 10.2 Å². The Morgan fingerprint density at radius 1 is 0.840 bits per heavy atom. The van der Waals surface area contributed by atoms with Crippen LogP contribution < -0.4 is 10.2 Å². The smallest absolute Gasteiger partial charge is 0.240 e. The third kappa shape index (κ3) is 2.19. The molecule has 0 aliphatic carbocycles. The molecule has 126 valence electrons. The maximum Gasteiger partial charge on any atom is 0.240 e. The lowest BCUT2D eigenvalue weighted by atomic mass is 9.81. The second-order valence-electron chi connectivity index (χ2n) is 6.90. The van der Waals surface area contributed by atoms with Crippen LogP contribution in [0.5, 0.6) is 0 Å². The normalized spacial score (nSPS) is 30.0. The van der Waals surface area contributed by atoms with Crippen molar-refractivity contribution in [3.63, 3.8) is 0 Å². The second kappa shape index (κ2) is 5.43. The monoisotopic (exact) mass is 334 g/mol. The number of hydrogen-bond acceptors (Lipinski definition) is 4. The summed E-state index contributed by atoms with van der Waals surface area (Å²) in [7, 11) is 0. The summed E-state index contributed by atoms with van der Waals surface area (Å²) in [6.07, 6.45) is 1.60. The molecule has 0 radical (unpaired) electrons. The molecule has 3 saturated heterocycles. The third-order valence-electron chi connectivity index (χ3n) is 5.45. The van der Waals surface area contributed by atoms with E-state index in [4.69, 9.17) is 4.74 Å². The molecule has 0 saturated carbocycles. The number of amides is 2. The van der Waals surface area contributed by atoms with Crippen LogP contribution in [0.25, 0.3) is 0 Å². The molecule has 3 fully saturated rings. The van der Waals surface area contributed by atoms with Crippen LogP contribution in [0.2, 0.25) is 0 Å². The van der Waals surface area contributed by atoms with Crippen molar-refractivity contribution < 1.29 is 14.3 Å². The Hall–Kier alpha value is -2.66. The fraction of sp³-hybridized carbons (Fsp3) is 0.300. The van der Waals surface area contributed by atoms with E-state index in [0.717, 1.165) is 24.2 Å². The topological polar surface area (TPSA) is 58.6 Å². The summed E-state index contributed by atoms with van der Waals surface area (Å²) < 4.78 is 5.79. The molecular weight excluding hydrogens is 316 g/mol. The predicted molar refractivity (Wildman–Crippen MR) is 93.5 cm³/mol. The summed E-state index contributed by atoms with van der Waals surface area (Å²) in [6, 6.07) is 17.3. The maximum absolute atomic E-state index is 12.9. The molecule has 2 aromatic rings. The average Bonchev–Trinajstić information content (AvgIpc) is 3.30. The Morgan fingerprint density at radius 2 is 1.48 bits per heavy atom. The SMILES string of the molecule is O=C1[C@@H]2[C@H](C(=O)N1c1cccc(Nc3ccccc3)c1)[C@H]1CC[C@H]2O1. The fourth-order valence-electron chi connectivity index (χ4n) is 4.38. The van der Waals surface area contributed by atoms with Crippen LogP contribution in [0.15, 0.2) is 54.6 Å². The molecule has 2 bridgehead atoms. The largest absolute Gasteiger partial charge is 0.373 e. The first kappa shape index (κ1) is 14.7. The standard InChI is InChI=1S/C20H18N2O3/c23-19-17-15-9-10-16(25-15)18(17)20(24)22(19)14-8-4-7-13(11-14)21-12-5-2-1-3-6-12/h1-8,11,15-18,21H,9-10H2/t15-,16-,17-,18+/m1/s1. The van der Waals surface area contributed by atoms with Crippen LogP contribution >= 0.6 is 0 Å². The minimum atomic E-state index is -0.294. The number of nitrogens with one attached hydrogen (secondary N) is 1. The predicted octanol–water partition coefficient (Wildman–Crippen LogP) is 3.10. The van der Waals surface area contributed by atoms with Gasteiger partial charge in [-0.05, 0) is 43.2 Å². The molecule has 1 N–H and O–H groups in total. The van der Waals surface area contributed by atoms with Crippen LogP contribution in [0.4, 0.5) is 17.1 Å². The van der Waals surface area contributed by atoms with Gasteiger partial charge in [0.2, 0.25) is 11.8 Å². The van der Waals surface area contributed by atoms with Gasteiger partial charge < -0.3 is 10.1 Å². The Labute approximate surface area is 145 Å². The van der Waals surface area contributed by atoms with E-state index in [2.05, 4.69) is 5.32 Å². The zero-order chi connectivity index (χ0) is 17.0. The van der Waals surface area contributed by atoms with Crippen LogP contribution in [0.1, 0.15) is 12.8 Å². The Kier molecular flexibility index (Phi) is 3.18. The van der Waals surface area contributed by atoms with Gasteiger partial charge in [0.15, 0.2) is 0 Å². The molecule has 5 rings (SSSR count). The highest BCUT2D eigenvalue weighted by Crippen LogP contribution is 2.49. The van der Waals surface area contributed by atoms with E-state index in [0.29, 0.717) is 5.69 Å². The summed E-state index contributed by atoms with van der Waals surface area (Å²) in [6.45, 7) is 0. The van der Waals surface area contributed by atoms with Gasteiger partial charge in [0.05, 0.1) is 29.7 Å². The average molecular weight is 334 g/mol. The third-order valence-corrected chi connectivity index (χ3v) is 5.45. The van der Waals surface area contributed by atoms with Crippen LogP contribution in [-0.4, -0.2) is 24.0 Å². The molecule has 2 aromatic carbocycles. The Morgan fingerprint density at radius 3 is 2.16 bits per heavy atom. The quantitative estimate of drug-likeness (QED) is 0.876. The van der Waals surface area contributed by atoms with Gasteiger partial charge in [0, 0.05) is 11.4 Å². The Balaban J connectivity index is 1.45. The molecule has 4 atom stereocenters. The van der Waals surface area contributed by atoms with E-state index in [-0.39, 0.29) is 35.9 Å². The van der Waals surface area contributed by atoms with E-state index < -0.39 is 0 Å². The van der Waals surface area contributed by atoms with Crippen molar-refractivity contribution in [3.8, 4) is 0 Å². The molecule has 3 aliphatic heterocycles. The number of para-hydroxylation sites is 1. The summed E-state index contributed by atoms with van der Waals surface area (Å²) in [5, 5.41) is 3.30. The molecule has 25 heavy (non-hydrogen) atoms. The van der Waals surface area contributed by atoms with Gasteiger partial charge in [0.1, 0.15) is 0 Å². The van der Waals surface area contributed by atoms with Crippen LogP contribution in [0.3, 0.4) is 0 Å². The molecule has 3 heterocycles. The molecule has 5 nitrogen and oxygen atoms in total. The molecule has 0 spiro atoms. The number of hydrogen-bond donors (Lipinski definition) is 1. The van der Waals surface area contributed by atoms with E-state index >= 15 is 0 Å². The van der Waals surface area contributed by atoms with E-state index in [1.807, 2.05) is 54.6 Å². The lowest BCUT2D eigenvalue weighted by Crippen LogP contribution is -2.34. The molecular formula is C20H18N2O3. The first-order valence-corrected chi connectivity index (χ1v) is 8.68. The first-order chi connectivity index (χ1) is 12.2. The molecule has 2 amide bonds. The van der Waals surface area contributed by atoms with Crippen molar-refractivity contribution in [1.29, 1.82) is 0 Å². The van der Waals surface area contributed by atoms with Gasteiger partial charge in [0.25, 0.3) is 0 Å². The van der Waals surface area contributed by atoms with Crippen molar-refractivity contribution in [2.24, 2.45) is 11.8 Å². The molecule has 0 aromatic heterocycles. The van der Waals surface area contributed by atoms with Gasteiger partial charge in [-0.3, -0.25) is 9.59 Å². The van der Waals surface area contributed by atoms with E-state index in [1.54, 1.807) is 0 Å². The minimum absolute atomic E-state index is 0.0814. The molecule has 3 aliphatic rings. The van der Waals surface area contributed by atoms with E-state index in [1.165, 1.54) is 4.90 Å². The maximum atomic E-state index is 12.9. The molecule has 5 heteroatoms. The minimum Gasteiger partial charge on any atom is -0.373 e. The van der Waals surface area contributed by atoms with Gasteiger partial charge >= 0.3 is 0 Å². The van der Waals surface area contributed by atoms with Crippen LogP contribution in [-0.2, 0) is 14.3 Å². The zero-order valence-electron chi connectivity index (χ0n) is 13.6. The first-order valence-electron chi connectivity index (χ1n) is 8.68.